The van der Waals surface area contributed by atoms with E-state index in [-0.39, 0.29) is 0 Å². The second-order valence-electron chi connectivity index (χ2n) is 3.35. The normalized spacial score (nSPS) is 10.3. The van der Waals surface area contributed by atoms with Crippen molar-refractivity contribution >= 4 is 0 Å². The van der Waals surface area contributed by atoms with E-state index >= 15 is 0 Å². The molecule has 0 radical (unpaired) electrons. The molecule has 1 N–H and O–H groups in total. The summed E-state index contributed by atoms with van der Waals surface area (Å²) in [4.78, 5) is 10.7. The van der Waals surface area contributed by atoms with Crippen LogP contribution in [-0.4, -0.2) is 17.3 Å². The Morgan fingerprint density at radius 3 is 2.62 bits per heavy atom. The van der Waals surface area contributed by atoms with E-state index in [1.807, 2.05) is 24.3 Å². The minimum atomic E-state index is -0.510. The van der Waals surface area contributed by atoms with Crippen LogP contribution >= 0.6 is 0 Å². The van der Waals surface area contributed by atoms with Crippen LogP contribution in [0.4, 0.5) is 0 Å². The second kappa shape index (κ2) is 4.65. The van der Waals surface area contributed by atoms with E-state index in [2.05, 4.69) is 10.2 Å². The lowest BCUT2D eigenvalue weighted by molar-refractivity contribution is 0.414. The van der Waals surface area contributed by atoms with E-state index in [1.54, 1.807) is 7.11 Å². The van der Waals surface area contributed by atoms with E-state index in [4.69, 9.17) is 9.15 Å². The summed E-state index contributed by atoms with van der Waals surface area (Å²) in [7, 11) is 1.63. The minimum absolute atomic E-state index is 0.431. The maximum Gasteiger partial charge on any atom is 0.434 e. The standard InChI is InChI=1S/C11H12N2O3/c1-15-9-5-2-8(3-6-9)4-7-10-12-13-11(14)16-10/h2-3,5-6H,4,7H2,1H3,(H,13,14). The number of benzene rings is 1. The molecule has 0 bridgehead atoms. The van der Waals surface area contributed by atoms with Crippen LogP contribution in [-0.2, 0) is 12.8 Å². The number of aromatic amines is 1. The summed E-state index contributed by atoms with van der Waals surface area (Å²) < 4.78 is 9.86. The third-order valence-corrected chi connectivity index (χ3v) is 2.27. The number of aromatic nitrogens is 2. The number of H-pyrrole nitrogens is 1. The van der Waals surface area contributed by atoms with Crippen LogP contribution in [0.25, 0.3) is 0 Å². The van der Waals surface area contributed by atoms with Crippen LogP contribution in [0.1, 0.15) is 11.5 Å². The van der Waals surface area contributed by atoms with Gasteiger partial charge in [-0.05, 0) is 24.1 Å². The lowest BCUT2D eigenvalue weighted by atomic mass is 10.1. The Balaban J connectivity index is 1.96. The van der Waals surface area contributed by atoms with Gasteiger partial charge in [0.05, 0.1) is 7.11 Å². The summed E-state index contributed by atoms with van der Waals surface area (Å²) in [5.41, 5.74) is 1.14. The fourth-order valence-corrected chi connectivity index (χ4v) is 1.41. The molecule has 0 aliphatic rings. The molecule has 2 rings (SSSR count). The number of methoxy groups -OCH3 is 1. The molecule has 0 aliphatic carbocycles. The number of hydrogen-bond donors (Lipinski definition) is 1. The lowest BCUT2D eigenvalue weighted by Crippen LogP contribution is -1.94. The topological polar surface area (TPSA) is 68.1 Å². The molecule has 1 heterocycles. The monoisotopic (exact) mass is 220 g/mol. The number of aryl methyl sites for hydroxylation is 2. The number of hydrogen-bond acceptors (Lipinski definition) is 4. The molecule has 84 valence electrons. The van der Waals surface area contributed by atoms with Gasteiger partial charge in [0, 0.05) is 6.42 Å². The first-order valence-electron chi connectivity index (χ1n) is 4.95. The van der Waals surface area contributed by atoms with Crippen molar-refractivity contribution in [3.8, 4) is 5.75 Å². The van der Waals surface area contributed by atoms with Crippen molar-refractivity contribution in [3.05, 3.63) is 46.3 Å². The van der Waals surface area contributed by atoms with Crippen molar-refractivity contribution in [2.24, 2.45) is 0 Å². The highest BCUT2D eigenvalue weighted by Gasteiger charge is 2.02. The van der Waals surface area contributed by atoms with Gasteiger partial charge in [0.1, 0.15) is 5.75 Å². The molecular formula is C11H12N2O3. The van der Waals surface area contributed by atoms with Gasteiger partial charge in [0.2, 0.25) is 5.89 Å². The highest BCUT2D eigenvalue weighted by molar-refractivity contribution is 5.27. The number of rotatable bonds is 4. The minimum Gasteiger partial charge on any atom is -0.497 e. The third kappa shape index (κ3) is 2.50. The second-order valence-corrected chi connectivity index (χ2v) is 3.35. The molecule has 0 aliphatic heterocycles. The maximum absolute atomic E-state index is 10.7. The zero-order valence-corrected chi connectivity index (χ0v) is 8.90. The molecule has 0 spiro atoms. The average Bonchev–Trinajstić information content (AvgIpc) is 2.73. The van der Waals surface area contributed by atoms with Crippen molar-refractivity contribution in [3.63, 3.8) is 0 Å². The molecule has 0 saturated heterocycles. The molecule has 0 unspecified atom stereocenters. The van der Waals surface area contributed by atoms with E-state index in [1.165, 1.54) is 0 Å². The molecule has 5 heteroatoms. The van der Waals surface area contributed by atoms with Gasteiger partial charge in [-0.3, -0.25) is 0 Å². The first kappa shape index (κ1) is 10.5. The lowest BCUT2D eigenvalue weighted by Gasteiger charge is -2.01. The van der Waals surface area contributed by atoms with Gasteiger partial charge in [0.25, 0.3) is 0 Å². The first-order valence-corrected chi connectivity index (χ1v) is 4.95. The smallest absolute Gasteiger partial charge is 0.434 e. The van der Waals surface area contributed by atoms with Gasteiger partial charge in [-0.15, -0.1) is 5.10 Å². The average molecular weight is 220 g/mol. The highest BCUT2D eigenvalue weighted by Crippen LogP contribution is 2.12. The maximum atomic E-state index is 10.7. The SMILES string of the molecule is COc1ccc(CCc2n[nH]c(=O)o2)cc1. The van der Waals surface area contributed by atoms with Gasteiger partial charge in [-0.2, -0.15) is 0 Å². The quantitative estimate of drug-likeness (QED) is 0.839. The summed E-state index contributed by atoms with van der Waals surface area (Å²) >= 11 is 0. The van der Waals surface area contributed by atoms with Crippen LogP contribution in [0.2, 0.25) is 0 Å². The summed E-state index contributed by atoms with van der Waals surface area (Å²) in [5.74, 6) is 0.751. The zero-order chi connectivity index (χ0) is 11.4. The van der Waals surface area contributed by atoms with Crippen molar-refractivity contribution < 1.29 is 9.15 Å². The predicted octanol–water partition coefficient (Wildman–Crippen LogP) is 1.16. The van der Waals surface area contributed by atoms with Gasteiger partial charge >= 0.3 is 5.76 Å². The van der Waals surface area contributed by atoms with E-state index in [9.17, 15) is 4.79 Å². The van der Waals surface area contributed by atoms with Crippen molar-refractivity contribution in [1.82, 2.24) is 10.2 Å². The Bertz CT molecular complexity index is 498. The molecule has 0 amide bonds. The van der Waals surface area contributed by atoms with Crippen LogP contribution < -0.4 is 10.5 Å². The van der Waals surface area contributed by atoms with E-state index in [0.29, 0.717) is 12.3 Å². The molecule has 0 saturated carbocycles. The number of nitrogens with one attached hydrogen (secondary N) is 1. The van der Waals surface area contributed by atoms with E-state index < -0.39 is 5.76 Å². The Hall–Kier alpha value is -2.04. The van der Waals surface area contributed by atoms with Crippen LogP contribution in [0.15, 0.2) is 33.5 Å². The molecule has 0 atom stereocenters. The number of ether oxygens (including phenoxy) is 1. The molecule has 1 aromatic carbocycles. The van der Waals surface area contributed by atoms with Crippen molar-refractivity contribution in [2.45, 2.75) is 12.8 Å². The Labute approximate surface area is 92.1 Å². The van der Waals surface area contributed by atoms with Crippen LogP contribution in [0, 0.1) is 0 Å². The van der Waals surface area contributed by atoms with Gasteiger partial charge < -0.3 is 9.15 Å². The molecule has 2 aromatic rings. The van der Waals surface area contributed by atoms with Crippen molar-refractivity contribution in [1.29, 1.82) is 0 Å². The highest BCUT2D eigenvalue weighted by atomic mass is 16.5. The fourth-order valence-electron chi connectivity index (χ4n) is 1.41. The van der Waals surface area contributed by atoms with Crippen LogP contribution in [0.3, 0.4) is 0 Å². The van der Waals surface area contributed by atoms with Gasteiger partial charge in [-0.1, -0.05) is 12.1 Å². The molecule has 0 fully saturated rings. The first-order chi connectivity index (χ1) is 7.78. The van der Waals surface area contributed by atoms with Gasteiger partial charge in [-0.25, -0.2) is 9.89 Å². The molecule has 16 heavy (non-hydrogen) atoms. The fraction of sp³-hybridized carbons (Fsp3) is 0.273. The Morgan fingerprint density at radius 1 is 1.31 bits per heavy atom. The third-order valence-electron chi connectivity index (χ3n) is 2.27. The Morgan fingerprint density at radius 2 is 2.06 bits per heavy atom. The summed E-state index contributed by atoms with van der Waals surface area (Å²) in [6.45, 7) is 0. The predicted molar refractivity (Wildman–Crippen MR) is 57.5 cm³/mol. The van der Waals surface area contributed by atoms with Crippen LogP contribution in [0.5, 0.6) is 5.75 Å². The zero-order valence-electron chi connectivity index (χ0n) is 8.90. The van der Waals surface area contributed by atoms with Gasteiger partial charge in [0.15, 0.2) is 0 Å². The molecular weight excluding hydrogens is 208 g/mol. The summed E-state index contributed by atoms with van der Waals surface area (Å²) in [6.07, 6.45) is 1.38. The summed E-state index contributed by atoms with van der Waals surface area (Å²) in [6, 6.07) is 7.75. The number of nitrogens with zero attached hydrogens (tertiary/aromatic N) is 1. The Kier molecular flexibility index (Phi) is 3.05. The molecule has 1 aromatic heterocycles. The van der Waals surface area contributed by atoms with Crippen molar-refractivity contribution in [2.75, 3.05) is 7.11 Å². The largest absolute Gasteiger partial charge is 0.497 e. The molecule has 5 nitrogen and oxygen atoms in total. The summed E-state index contributed by atoms with van der Waals surface area (Å²) in [5, 5.41) is 5.97. The van der Waals surface area contributed by atoms with E-state index in [0.717, 1.165) is 17.7 Å².